The Bertz CT molecular complexity index is 227. The predicted octanol–water partition coefficient (Wildman–Crippen LogP) is 1.66. The summed E-state index contributed by atoms with van der Waals surface area (Å²) in [5.41, 5.74) is 0.581. The number of rotatable bonds is 1. The van der Waals surface area contributed by atoms with Gasteiger partial charge in [-0.3, -0.25) is 4.79 Å². The Labute approximate surface area is 56.8 Å². The van der Waals surface area contributed by atoms with Gasteiger partial charge in [0.15, 0.2) is 10.8 Å². The van der Waals surface area contributed by atoms with Crippen LogP contribution in [0.25, 0.3) is 0 Å². The van der Waals surface area contributed by atoms with E-state index >= 15 is 0 Å². The van der Waals surface area contributed by atoms with Crippen LogP contribution in [0, 0.1) is 0 Å². The van der Waals surface area contributed by atoms with Gasteiger partial charge in [0.2, 0.25) is 0 Å². The van der Waals surface area contributed by atoms with Crippen LogP contribution in [-0.2, 0) is 0 Å². The van der Waals surface area contributed by atoms with Crippen LogP contribution in [0.1, 0.15) is 17.3 Å². The van der Waals surface area contributed by atoms with E-state index in [2.05, 4.69) is 0 Å². The second kappa shape index (κ2) is 2.19. The van der Waals surface area contributed by atoms with Crippen molar-refractivity contribution in [3.8, 4) is 5.06 Å². The largest absolute Gasteiger partial charge is 0.499 e. The summed E-state index contributed by atoms with van der Waals surface area (Å²) in [6.07, 6.45) is 0. The van der Waals surface area contributed by atoms with Crippen molar-refractivity contribution in [3.05, 3.63) is 17.0 Å². The number of hydrogen-bond acceptors (Lipinski definition) is 3. The van der Waals surface area contributed by atoms with Gasteiger partial charge in [-0.15, -0.1) is 11.3 Å². The molecule has 0 aliphatic rings. The topological polar surface area (TPSA) is 37.3 Å². The van der Waals surface area contributed by atoms with Crippen LogP contribution in [0.2, 0.25) is 0 Å². The van der Waals surface area contributed by atoms with Crippen LogP contribution in [0.4, 0.5) is 0 Å². The minimum atomic E-state index is -0.00782. The third kappa shape index (κ3) is 1.29. The van der Waals surface area contributed by atoms with Crippen LogP contribution in [0.3, 0.4) is 0 Å². The first-order chi connectivity index (χ1) is 4.20. The Morgan fingerprint density at radius 2 is 2.44 bits per heavy atom. The fourth-order valence-electron chi connectivity index (χ4n) is 0.510. The lowest BCUT2D eigenvalue weighted by Crippen LogP contribution is -1.85. The molecule has 9 heavy (non-hydrogen) atoms. The van der Waals surface area contributed by atoms with E-state index in [4.69, 9.17) is 5.11 Å². The molecule has 1 aromatic heterocycles. The van der Waals surface area contributed by atoms with E-state index in [-0.39, 0.29) is 10.8 Å². The van der Waals surface area contributed by atoms with E-state index in [0.29, 0.717) is 5.56 Å². The molecule has 0 aliphatic heterocycles. The van der Waals surface area contributed by atoms with Gasteiger partial charge in [0.05, 0.1) is 0 Å². The predicted molar refractivity (Wildman–Crippen MR) is 36.0 cm³/mol. The highest BCUT2D eigenvalue weighted by molar-refractivity contribution is 7.12. The molecule has 1 N–H and O–H groups in total. The van der Waals surface area contributed by atoms with Crippen molar-refractivity contribution in [2.45, 2.75) is 6.92 Å². The minimum Gasteiger partial charge on any atom is -0.499 e. The fourth-order valence-corrected chi connectivity index (χ4v) is 1.19. The molecule has 0 radical (unpaired) electrons. The number of carbonyl (C=O) groups is 1. The summed E-state index contributed by atoms with van der Waals surface area (Å²) in [6, 6.07) is 1.47. The average Bonchev–Trinajstić information content (AvgIpc) is 2.14. The molecule has 3 heteroatoms. The van der Waals surface area contributed by atoms with Crippen LogP contribution in [-0.4, -0.2) is 10.9 Å². The van der Waals surface area contributed by atoms with Gasteiger partial charge in [-0.25, -0.2) is 0 Å². The van der Waals surface area contributed by atoms with E-state index in [1.54, 1.807) is 5.38 Å². The van der Waals surface area contributed by atoms with E-state index in [9.17, 15) is 4.79 Å². The maximum Gasteiger partial charge on any atom is 0.171 e. The number of aromatic hydroxyl groups is 1. The molecule has 2 nitrogen and oxygen atoms in total. The smallest absolute Gasteiger partial charge is 0.171 e. The molecule has 1 rings (SSSR count). The first kappa shape index (κ1) is 6.29. The average molecular weight is 142 g/mol. The summed E-state index contributed by atoms with van der Waals surface area (Å²) in [6.45, 7) is 1.47. The Balaban J connectivity index is 2.98. The summed E-state index contributed by atoms with van der Waals surface area (Å²) in [4.78, 5) is 10.6. The third-order valence-corrected chi connectivity index (χ3v) is 1.72. The van der Waals surface area contributed by atoms with Gasteiger partial charge in [-0.2, -0.15) is 0 Å². The molecule has 0 saturated heterocycles. The maximum absolute atomic E-state index is 10.6. The molecule has 0 unspecified atom stereocenters. The number of hydrogen-bond donors (Lipinski definition) is 1. The molecule has 1 heterocycles. The van der Waals surface area contributed by atoms with Crippen molar-refractivity contribution in [1.29, 1.82) is 0 Å². The lowest BCUT2D eigenvalue weighted by atomic mass is 10.2. The van der Waals surface area contributed by atoms with Crippen LogP contribution in [0.15, 0.2) is 11.4 Å². The van der Waals surface area contributed by atoms with Crippen molar-refractivity contribution >= 4 is 17.1 Å². The van der Waals surface area contributed by atoms with E-state index in [1.165, 1.54) is 24.3 Å². The van der Waals surface area contributed by atoms with Crippen molar-refractivity contribution in [2.75, 3.05) is 0 Å². The normalized spacial score (nSPS) is 9.44. The van der Waals surface area contributed by atoms with Crippen LogP contribution in [0.5, 0.6) is 5.06 Å². The van der Waals surface area contributed by atoms with E-state index in [1.807, 2.05) is 0 Å². The highest BCUT2D eigenvalue weighted by atomic mass is 32.1. The Morgan fingerprint density at radius 3 is 2.67 bits per heavy atom. The molecule has 0 aromatic carbocycles. The SMILES string of the molecule is CC(=O)c1csc(O)c1. The first-order valence-electron chi connectivity index (χ1n) is 2.48. The fraction of sp³-hybridized carbons (Fsp3) is 0.167. The van der Waals surface area contributed by atoms with Crippen LogP contribution < -0.4 is 0 Å². The number of thiophene rings is 1. The Hall–Kier alpha value is -0.830. The van der Waals surface area contributed by atoms with Crippen molar-refractivity contribution < 1.29 is 9.90 Å². The number of carbonyl (C=O) groups excluding carboxylic acids is 1. The Kier molecular flexibility index (Phi) is 1.53. The second-order valence-electron chi connectivity index (χ2n) is 1.73. The van der Waals surface area contributed by atoms with Gasteiger partial charge in [-0.05, 0) is 6.92 Å². The van der Waals surface area contributed by atoms with Crippen molar-refractivity contribution in [3.63, 3.8) is 0 Å². The van der Waals surface area contributed by atoms with Gasteiger partial charge >= 0.3 is 0 Å². The molecule has 1 aromatic rings. The zero-order chi connectivity index (χ0) is 6.85. The standard InChI is InChI=1S/C6H6O2S/c1-4(7)5-2-6(8)9-3-5/h2-3,8H,1H3. The van der Waals surface area contributed by atoms with Crippen LogP contribution >= 0.6 is 11.3 Å². The quantitative estimate of drug-likeness (QED) is 0.605. The second-order valence-corrected chi connectivity index (χ2v) is 2.62. The third-order valence-electron chi connectivity index (χ3n) is 0.992. The molecule has 0 spiro atoms. The van der Waals surface area contributed by atoms with Crippen molar-refractivity contribution in [1.82, 2.24) is 0 Å². The van der Waals surface area contributed by atoms with Gasteiger partial charge in [0, 0.05) is 17.0 Å². The maximum atomic E-state index is 10.6. The van der Waals surface area contributed by atoms with Gasteiger partial charge in [0.25, 0.3) is 0 Å². The van der Waals surface area contributed by atoms with E-state index in [0.717, 1.165) is 0 Å². The summed E-state index contributed by atoms with van der Waals surface area (Å²) in [5.74, 6) is -0.00782. The molecule has 0 fully saturated rings. The zero-order valence-corrected chi connectivity index (χ0v) is 5.73. The summed E-state index contributed by atoms with van der Waals surface area (Å²) in [7, 11) is 0. The molecular formula is C6H6O2S. The Morgan fingerprint density at radius 1 is 1.78 bits per heavy atom. The molecule has 0 atom stereocenters. The highest BCUT2D eigenvalue weighted by Crippen LogP contribution is 2.20. The van der Waals surface area contributed by atoms with E-state index < -0.39 is 0 Å². The van der Waals surface area contributed by atoms with Gasteiger partial charge in [-0.1, -0.05) is 0 Å². The zero-order valence-electron chi connectivity index (χ0n) is 4.92. The summed E-state index contributed by atoms with van der Waals surface area (Å²) >= 11 is 1.17. The molecular weight excluding hydrogens is 136 g/mol. The minimum absolute atomic E-state index is 0.00782. The van der Waals surface area contributed by atoms with Crippen molar-refractivity contribution in [2.24, 2.45) is 0 Å². The number of ketones is 1. The summed E-state index contributed by atoms with van der Waals surface area (Å²) in [5, 5.41) is 10.6. The molecule has 48 valence electrons. The summed E-state index contributed by atoms with van der Waals surface area (Å²) < 4.78 is 0. The molecule has 0 aliphatic carbocycles. The lowest BCUT2D eigenvalue weighted by Gasteiger charge is -1.80. The number of Topliss-reactive ketones (excluding diaryl/α,β-unsaturated/α-hetero) is 1. The van der Waals surface area contributed by atoms with Gasteiger partial charge in [0.1, 0.15) is 0 Å². The molecule has 0 bridgehead atoms. The first-order valence-corrected chi connectivity index (χ1v) is 3.36. The molecule has 0 amide bonds. The highest BCUT2D eigenvalue weighted by Gasteiger charge is 2.00. The lowest BCUT2D eigenvalue weighted by molar-refractivity contribution is 0.101. The monoisotopic (exact) mass is 142 g/mol. The molecule has 0 saturated carbocycles. The van der Waals surface area contributed by atoms with Gasteiger partial charge < -0.3 is 5.11 Å².